The van der Waals surface area contributed by atoms with Crippen LogP contribution in [-0.4, -0.2) is 78.1 Å². The van der Waals surface area contributed by atoms with Crippen molar-refractivity contribution in [3.63, 3.8) is 0 Å². The number of fused-ring (bicyclic) bond motifs is 1. The number of carbonyl (C=O) groups is 3. The van der Waals surface area contributed by atoms with Crippen LogP contribution in [0.25, 0.3) is 0 Å². The number of likely N-dealkylation sites (N-methyl/N-ethyl adjacent to an activating group) is 1. The number of aromatic carboxylic acids is 1. The number of nitrogens with one attached hydrogen (secondary N) is 1. The van der Waals surface area contributed by atoms with E-state index < -0.39 is 40.2 Å². The fourth-order valence-electron chi connectivity index (χ4n) is 2.39. The minimum Gasteiger partial charge on any atom is -0.502 e. The highest BCUT2D eigenvalue weighted by atomic mass is 16.5. The number of rotatable bonds is 6. The number of amides is 2. The van der Waals surface area contributed by atoms with E-state index in [0.29, 0.717) is 0 Å². The Labute approximate surface area is 142 Å². The van der Waals surface area contributed by atoms with Crippen LogP contribution in [-0.2, 0) is 9.53 Å². The van der Waals surface area contributed by atoms with E-state index in [1.54, 1.807) is 0 Å². The van der Waals surface area contributed by atoms with Gasteiger partial charge in [0.2, 0.25) is 11.3 Å². The summed E-state index contributed by atoms with van der Waals surface area (Å²) in [4.78, 5) is 48.8. The van der Waals surface area contributed by atoms with Gasteiger partial charge >= 0.3 is 5.97 Å². The van der Waals surface area contributed by atoms with Crippen molar-refractivity contribution in [3.05, 3.63) is 27.7 Å². The first-order valence-corrected chi connectivity index (χ1v) is 7.27. The summed E-state index contributed by atoms with van der Waals surface area (Å²) in [5.41, 5.74) is -2.27. The average Bonchev–Trinajstić information content (AvgIpc) is 2.58. The maximum atomic E-state index is 12.6. The molecule has 2 heterocycles. The zero-order valence-electron chi connectivity index (χ0n) is 13.7. The molecule has 1 aromatic rings. The van der Waals surface area contributed by atoms with E-state index in [9.17, 15) is 24.3 Å². The molecule has 25 heavy (non-hydrogen) atoms. The Kier molecular flexibility index (Phi) is 5.27. The molecule has 0 aromatic carbocycles. The molecule has 0 saturated carbocycles. The average molecular weight is 354 g/mol. The third-order valence-corrected chi connectivity index (χ3v) is 3.69. The number of carboxylic acids is 1. The molecule has 3 N–H and O–H groups in total. The van der Waals surface area contributed by atoms with Gasteiger partial charge in [-0.1, -0.05) is 0 Å². The first-order valence-electron chi connectivity index (χ1n) is 7.27. The minimum atomic E-state index is -1.55. The Hall–Kier alpha value is -3.08. The topological polar surface area (TPSA) is 141 Å². The number of methoxy groups -OCH3 is 1. The second-order valence-corrected chi connectivity index (χ2v) is 5.26. The summed E-state index contributed by atoms with van der Waals surface area (Å²) in [7, 11) is 2.87. The van der Waals surface area contributed by atoms with Crippen LogP contribution in [0.2, 0.25) is 0 Å². The van der Waals surface area contributed by atoms with E-state index in [-0.39, 0.29) is 26.4 Å². The fraction of sp³-hybridized carbons (Fsp3) is 0.429. The van der Waals surface area contributed by atoms with Crippen LogP contribution in [0, 0.1) is 0 Å². The number of aromatic hydroxyl groups is 1. The quantitative estimate of drug-likeness (QED) is 0.532. The van der Waals surface area contributed by atoms with Gasteiger partial charge in [0.05, 0.1) is 6.61 Å². The number of nitrogens with zero attached hydrogens (tertiary/aromatic N) is 3. The second-order valence-electron chi connectivity index (χ2n) is 5.26. The maximum absolute atomic E-state index is 12.6. The van der Waals surface area contributed by atoms with E-state index in [4.69, 9.17) is 9.84 Å². The van der Waals surface area contributed by atoms with Gasteiger partial charge in [0.1, 0.15) is 18.8 Å². The Balaban J connectivity index is 2.59. The highest BCUT2D eigenvalue weighted by Gasteiger charge is 2.34. The predicted molar refractivity (Wildman–Crippen MR) is 84.3 cm³/mol. The molecule has 0 radical (unpaired) electrons. The van der Waals surface area contributed by atoms with Gasteiger partial charge in [-0.15, -0.1) is 0 Å². The molecule has 0 bridgehead atoms. The SMILES string of the molecule is CNC(=O)CN1CN(CCOC)C(=O)c2c(O)c(=O)c(C(=O)O)cn21. The molecule has 1 aromatic heterocycles. The number of carboxylic acid groups (broad SMARTS) is 1. The second kappa shape index (κ2) is 7.21. The van der Waals surface area contributed by atoms with E-state index in [0.717, 1.165) is 10.9 Å². The number of hydrogen-bond donors (Lipinski definition) is 3. The summed E-state index contributed by atoms with van der Waals surface area (Å²) in [6.07, 6.45) is 0.925. The Morgan fingerprint density at radius 2 is 2.04 bits per heavy atom. The number of hydrogen-bond acceptors (Lipinski definition) is 7. The van der Waals surface area contributed by atoms with Gasteiger partial charge < -0.3 is 25.2 Å². The summed E-state index contributed by atoms with van der Waals surface area (Å²) in [6, 6.07) is 0. The molecule has 1 aliphatic rings. The summed E-state index contributed by atoms with van der Waals surface area (Å²) >= 11 is 0. The number of pyridine rings is 1. The lowest BCUT2D eigenvalue weighted by Gasteiger charge is -2.39. The summed E-state index contributed by atoms with van der Waals surface area (Å²) in [6.45, 7) is 0.0945. The molecule has 1 aliphatic heterocycles. The van der Waals surface area contributed by atoms with Crippen LogP contribution in [0.1, 0.15) is 20.8 Å². The molecule has 11 nitrogen and oxygen atoms in total. The molecular weight excluding hydrogens is 336 g/mol. The van der Waals surface area contributed by atoms with E-state index >= 15 is 0 Å². The lowest BCUT2D eigenvalue weighted by Crippen LogP contribution is -2.57. The maximum Gasteiger partial charge on any atom is 0.341 e. The van der Waals surface area contributed by atoms with Crippen molar-refractivity contribution < 1.29 is 29.3 Å². The van der Waals surface area contributed by atoms with Gasteiger partial charge in [-0.05, 0) is 0 Å². The molecule has 11 heteroatoms. The van der Waals surface area contributed by atoms with E-state index in [1.807, 2.05) is 0 Å². The number of ether oxygens (including phenoxy) is 1. The highest BCUT2D eigenvalue weighted by Crippen LogP contribution is 2.21. The van der Waals surface area contributed by atoms with E-state index in [2.05, 4.69) is 5.32 Å². The summed E-state index contributed by atoms with van der Waals surface area (Å²) < 4.78 is 5.95. The van der Waals surface area contributed by atoms with E-state index in [1.165, 1.54) is 24.1 Å². The Bertz CT molecular complexity index is 773. The number of aromatic nitrogens is 1. The molecule has 0 spiro atoms. The van der Waals surface area contributed by atoms with Gasteiger partial charge in [-0.3, -0.25) is 24.1 Å². The van der Waals surface area contributed by atoms with Gasteiger partial charge in [0.15, 0.2) is 11.4 Å². The lowest BCUT2D eigenvalue weighted by molar-refractivity contribution is -0.119. The van der Waals surface area contributed by atoms with Gasteiger partial charge in [-0.25, -0.2) is 4.79 Å². The van der Waals surface area contributed by atoms with Gasteiger partial charge in [0, 0.05) is 26.9 Å². The van der Waals surface area contributed by atoms with Crippen molar-refractivity contribution in [2.45, 2.75) is 0 Å². The van der Waals surface area contributed by atoms with Crippen molar-refractivity contribution in [3.8, 4) is 5.75 Å². The molecule has 0 fully saturated rings. The Morgan fingerprint density at radius 3 is 2.60 bits per heavy atom. The molecule has 2 amide bonds. The van der Waals surface area contributed by atoms with Gasteiger partial charge in [-0.2, -0.15) is 0 Å². The van der Waals surface area contributed by atoms with Crippen LogP contribution < -0.4 is 15.8 Å². The number of carbonyl (C=O) groups excluding carboxylic acids is 2. The standard InChI is InChI=1S/C14H18N4O7/c1-15-9(19)6-17-7-16(3-4-25-2)13(22)10-12(21)11(20)8(14(23)24)5-18(10)17/h5,21H,3-4,6-7H2,1-2H3,(H,15,19)(H,23,24). The zero-order valence-corrected chi connectivity index (χ0v) is 13.7. The highest BCUT2D eigenvalue weighted by molar-refractivity contribution is 5.98. The van der Waals surface area contributed by atoms with Crippen molar-refractivity contribution in [2.75, 3.05) is 45.5 Å². The summed E-state index contributed by atoms with van der Waals surface area (Å²) in [5, 5.41) is 22.9. The molecule has 0 unspecified atom stereocenters. The van der Waals surface area contributed by atoms with Gasteiger partial charge in [0.25, 0.3) is 5.91 Å². The molecule has 2 rings (SSSR count). The third kappa shape index (κ3) is 3.40. The first-order chi connectivity index (χ1) is 11.8. The monoisotopic (exact) mass is 354 g/mol. The molecule has 0 aliphatic carbocycles. The smallest absolute Gasteiger partial charge is 0.341 e. The third-order valence-electron chi connectivity index (χ3n) is 3.69. The van der Waals surface area contributed by atoms with Crippen LogP contribution in [0.5, 0.6) is 5.75 Å². The largest absolute Gasteiger partial charge is 0.502 e. The lowest BCUT2D eigenvalue weighted by atomic mass is 10.2. The van der Waals surface area contributed by atoms with Crippen molar-refractivity contribution in [1.82, 2.24) is 14.9 Å². The fourth-order valence-corrected chi connectivity index (χ4v) is 2.39. The molecular formula is C14H18N4O7. The van der Waals surface area contributed by atoms with Crippen molar-refractivity contribution in [2.24, 2.45) is 0 Å². The van der Waals surface area contributed by atoms with Crippen LogP contribution in [0.15, 0.2) is 11.0 Å². The molecule has 0 atom stereocenters. The summed E-state index contributed by atoms with van der Waals surface area (Å²) in [5.74, 6) is -3.60. The first kappa shape index (κ1) is 18.3. The normalized spacial score (nSPS) is 13.6. The van der Waals surface area contributed by atoms with Crippen LogP contribution in [0.4, 0.5) is 0 Å². The van der Waals surface area contributed by atoms with Crippen molar-refractivity contribution >= 4 is 17.8 Å². The van der Waals surface area contributed by atoms with Crippen LogP contribution in [0.3, 0.4) is 0 Å². The molecule has 0 saturated heterocycles. The van der Waals surface area contributed by atoms with Crippen molar-refractivity contribution in [1.29, 1.82) is 0 Å². The minimum absolute atomic E-state index is 0.0516. The Morgan fingerprint density at radius 1 is 1.36 bits per heavy atom. The molecule has 136 valence electrons. The van der Waals surface area contributed by atoms with Crippen LogP contribution >= 0.6 is 0 Å². The zero-order chi connectivity index (χ0) is 18.7. The predicted octanol–water partition coefficient (Wildman–Crippen LogP) is -2.00.